The summed E-state index contributed by atoms with van der Waals surface area (Å²) in [4.78, 5) is 9.46. The second-order valence-corrected chi connectivity index (χ2v) is 6.58. The molecule has 21 heavy (non-hydrogen) atoms. The van der Waals surface area contributed by atoms with E-state index in [1.807, 2.05) is 7.05 Å². The minimum absolute atomic E-state index is 0.392. The molecular formula is C15H27N5O. The predicted molar refractivity (Wildman–Crippen MR) is 81.4 cm³/mol. The van der Waals surface area contributed by atoms with E-state index in [-0.39, 0.29) is 0 Å². The predicted octanol–water partition coefficient (Wildman–Crippen LogP) is 0.713. The summed E-state index contributed by atoms with van der Waals surface area (Å²) in [6.45, 7) is 3.32. The van der Waals surface area contributed by atoms with E-state index in [2.05, 4.69) is 39.4 Å². The van der Waals surface area contributed by atoms with Crippen LogP contribution in [0.1, 0.15) is 36.9 Å². The summed E-state index contributed by atoms with van der Waals surface area (Å²) in [6, 6.07) is 0.972. The summed E-state index contributed by atoms with van der Waals surface area (Å²) < 4.78 is 5.55. The third-order valence-corrected chi connectivity index (χ3v) is 5.09. The molecule has 0 radical (unpaired) electrons. The largest absolute Gasteiger partial charge is 0.339 e. The maximum absolute atomic E-state index is 5.55. The summed E-state index contributed by atoms with van der Waals surface area (Å²) in [5.41, 5.74) is 0. The van der Waals surface area contributed by atoms with Gasteiger partial charge in [0.15, 0.2) is 5.82 Å². The molecule has 1 saturated heterocycles. The van der Waals surface area contributed by atoms with Gasteiger partial charge in [-0.25, -0.2) is 0 Å². The molecule has 1 aromatic heterocycles. The molecule has 1 aliphatic carbocycles. The lowest BCUT2D eigenvalue weighted by molar-refractivity contribution is 0.113. The molecule has 1 aromatic rings. The van der Waals surface area contributed by atoms with Gasteiger partial charge in [-0.1, -0.05) is 11.6 Å². The summed E-state index contributed by atoms with van der Waals surface area (Å²) in [5, 5.41) is 7.60. The maximum Gasteiger partial charge on any atom is 0.231 e. The van der Waals surface area contributed by atoms with Crippen LogP contribution < -0.4 is 5.32 Å². The lowest BCUT2D eigenvalue weighted by Gasteiger charge is -2.37. The van der Waals surface area contributed by atoms with E-state index in [1.165, 1.54) is 12.8 Å². The Kier molecular flexibility index (Phi) is 4.57. The van der Waals surface area contributed by atoms with Crippen LogP contribution in [-0.4, -0.2) is 72.8 Å². The zero-order valence-corrected chi connectivity index (χ0v) is 13.4. The number of rotatable bonds is 4. The first-order valence-electron chi connectivity index (χ1n) is 8.06. The van der Waals surface area contributed by atoms with Gasteiger partial charge in [-0.3, -0.25) is 0 Å². The van der Waals surface area contributed by atoms with Crippen LogP contribution in [0.3, 0.4) is 0 Å². The van der Waals surface area contributed by atoms with E-state index in [9.17, 15) is 0 Å². The normalized spacial score (nSPS) is 31.9. The molecule has 2 aliphatic rings. The van der Waals surface area contributed by atoms with Gasteiger partial charge in [0.1, 0.15) is 0 Å². The number of nitrogens with one attached hydrogen (secondary N) is 1. The quantitative estimate of drug-likeness (QED) is 0.882. The van der Waals surface area contributed by atoms with Crippen molar-refractivity contribution in [3.63, 3.8) is 0 Å². The van der Waals surface area contributed by atoms with Gasteiger partial charge in [0.25, 0.3) is 0 Å². The highest BCUT2D eigenvalue weighted by atomic mass is 16.5. The average Bonchev–Trinajstić information content (AvgIpc) is 3.10. The van der Waals surface area contributed by atoms with E-state index in [1.54, 1.807) is 0 Å². The highest BCUT2D eigenvalue weighted by Crippen LogP contribution is 2.33. The van der Waals surface area contributed by atoms with Gasteiger partial charge in [-0.05, 0) is 34.0 Å². The zero-order valence-electron chi connectivity index (χ0n) is 13.4. The van der Waals surface area contributed by atoms with E-state index in [0.717, 1.165) is 44.2 Å². The Morgan fingerprint density at radius 3 is 2.95 bits per heavy atom. The molecule has 1 N–H and O–H groups in total. The molecule has 0 spiro atoms. The maximum atomic E-state index is 5.55. The molecule has 1 aliphatic heterocycles. The first-order valence-corrected chi connectivity index (χ1v) is 8.06. The molecule has 3 atom stereocenters. The highest BCUT2D eigenvalue weighted by Gasteiger charge is 2.32. The molecule has 2 fully saturated rings. The minimum Gasteiger partial charge on any atom is -0.339 e. The van der Waals surface area contributed by atoms with Crippen LogP contribution in [0, 0.1) is 0 Å². The van der Waals surface area contributed by atoms with Crippen LogP contribution in [0.5, 0.6) is 0 Å². The molecule has 3 rings (SSSR count). The molecule has 1 saturated carbocycles. The zero-order chi connectivity index (χ0) is 14.8. The second-order valence-electron chi connectivity index (χ2n) is 6.58. The van der Waals surface area contributed by atoms with Crippen LogP contribution in [0.25, 0.3) is 0 Å². The SMILES string of the molecule is CNC1CCCC1c1nc(CC2CN(C)CCN2C)no1. The Balaban J connectivity index is 1.65. The number of nitrogens with zero attached hydrogens (tertiary/aromatic N) is 4. The van der Waals surface area contributed by atoms with Crippen molar-refractivity contribution >= 4 is 0 Å². The first kappa shape index (κ1) is 14.9. The van der Waals surface area contributed by atoms with Gasteiger partial charge in [-0.15, -0.1) is 0 Å². The summed E-state index contributed by atoms with van der Waals surface area (Å²) >= 11 is 0. The van der Waals surface area contributed by atoms with Gasteiger partial charge in [-0.2, -0.15) is 4.98 Å². The van der Waals surface area contributed by atoms with Crippen molar-refractivity contribution < 1.29 is 4.52 Å². The fourth-order valence-electron chi connectivity index (χ4n) is 3.63. The van der Waals surface area contributed by atoms with Crippen molar-refractivity contribution in [1.82, 2.24) is 25.3 Å². The number of hydrogen-bond donors (Lipinski definition) is 1. The third-order valence-electron chi connectivity index (χ3n) is 5.09. The van der Waals surface area contributed by atoms with E-state index in [0.29, 0.717) is 18.0 Å². The summed E-state index contributed by atoms with van der Waals surface area (Å²) in [7, 11) is 6.39. The molecule has 3 unspecified atom stereocenters. The molecule has 0 amide bonds. The fourth-order valence-corrected chi connectivity index (χ4v) is 3.63. The molecule has 2 heterocycles. The smallest absolute Gasteiger partial charge is 0.231 e. The summed E-state index contributed by atoms with van der Waals surface area (Å²) in [5.74, 6) is 2.08. The van der Waals surface area contributed by atoms with Crippen molar-refractivity contribution in [3.8, 4) is 0 Å². The Bertz CT molecular complexity index is 463. The van der Waals surface area contributed by atoms with E-state index in [4.69, 9.17) is 4.52 Å². The van der Waals surface area contributed by atoms with Gasteiger partial charge < -0.3 is 19.6 Å². The van der Waals surface area contributed by atoms with Crippen LogP contribution in [0.2, 0.25) is 0 Å². The van der Waals surface area contributed by atoms with Gasteiger partial charge in [0.05, 0.1) is 5.92 Å². The topological polar surface area (TPSA) is 57.4 Å². The second kappa shape index (κ2) is 6.42. The minimum atomic E-state index is 0.392. The Morgan fingerprint density at radius 1 is 1.29 bits per heavy atom. The lowest BCUT2D eigenvalue weighted by Crippen LogP contribution is -2.50. The van der Waals surface area contributed by atoms with Crippen molar-refractivity contribution in [3.05, 3.63) is 11.7 Å². The first-order chi connectivity index (χ1) is 10.2. The average molecular weight is 293 g/mol. The van der Waals surface area contributed by atoms with Crippen LogP contribution >= 0.6 is 0 Å². The highest BCUT2D eigenvalue weighted by molar-refractivity contribution is 5.03. The molecule has 6 nitrogen and oxygen atoms in total. The molecular weight excluding hydrogens is 266 g/mol. The van der Waals surface area contributed by atoms with Gasteiger partial charge in [0, 0.05) is 38.1 Å². The number of piperazine rings is 1. The molecule has 6 heteroatoms. The monoisotopic (exact) mass is 293 g/mol. The molecule has 0 bridgehead atoms. The Hall–Kier alpha value is -0.980. The van der Waals surface area contributed by atoms with Gasteiger partial charge in [0.2, 0.25) is 5.89 Å². The fraction of sp³-hybridized carbons (Fsp3) is 0.867. The lowest BCUT2D eigenvalue weighted by atomic mass is 10.0. The van der Waals surface area contributed by atoms with Crippen LogP contribution in [0.15, 0.2) is 4.52 Å². The van der Waals surface area contributed by atoms with Gasteiger partial charge >= 0.3 is 0 Å². The van der Waals surface area contributed by atoms with Crippen molar-refractivity contribution in [1.29, 1.82) is 0 Å². The van der Waals surface area contributed by atoms with Crippen molar-refractivity contribution in [2.75, 3.05) is 40.8 Å². The standard InChI is InChI=1S/C15H27N5O/c1-16-13-6-4-5-12(13)15-17-14(18-21-15)9-11-10-19(2)7-8-20(11)3/h11-13,16H,4-10H2,1-3H3. The Labute approximate surface area is 126 Å². The number of aromatic nitrogens is 2. The molecule has 0 aromatic carbocycles. The van der Waals surface area contributed by atoms with Crippen LogP contribution in [0.4, 0.5) is 0 Å². The number of hydrogen-bond acceptors (Lipinski definition) is 6. The van der Waals surface area contributed by atoms with Crippen molar-refractivity contribution in [2.24, 2.45) is 0 Å². The van der Waals surface area contributed by atoms with Crippen molar-refractivity contribution in [2.45, 2.75) is 43.7 Å². The molecule has 118 valence electrons. The third kappa shape index (κ3) is 3.27. The van der Waals surface area contributed by atoms with E-state index < -0.39 is 0 Å². The Morgan fingerprint density at radius 2 is 2.14 bits per heavy atom. The van der Waals surface area contributed by atoms with E-state index >= 15 is 0 Å². The number of likely N-dealkylation sites (N-methyl/N-ethyl adjacent to an activating group) is 3. The summed E-state index contributed by atoms with van der Waals surface area (Å²) in [6.07, 6.45) is 4.47. The van der Waals surface area contributed by atoms with Crippen LogP contribution in [-0.2, 0) is 6.42 Å².